The van der Waals surface area contributed by atoms with E-state index in [1.807, 2.05) is 0 Å². The van der Waals surface area contributed by atoms with Crippen molar-refractivity contribution in [3.8, 4) is 0 Å². The number of likely N-dealkylation sites (N-methyl/N-ethyl adjacent to an activating group) is 1. The third-order valence-electron chi connectivity index (χ3n) is 1.50. The largest absolute Gasteiger partial charge is 0.480 e. The van der Waals surface area contributed by atoms with E-state index >= 15 is 0 Å². The topological polar surface area (TPSA) is 57.6 Å². The van der Waals surface area contributed by atoms with Crippen LogP contribution >= 0.6 is 0 Å². The first-order chi connectivity index (χ1) is 5.68. The van der Waals surface area contributed by atoms with Gasteiger partial charge in [0.15, 0.2) is 0 Å². The van der Waals surface area contributed by atoms with Gasteiger partial charge in [0, 0.05) is 7.05 Å². The Bertz CT molecular complexity index is 226. The lowest BCUT2D eigenvalue weighted by Gasteiger charge is -2.22. The zero-order valence-corrected chi connectivity index (χ0v) is 6.92. The molecule has 1 N–H and O–H groups in total. The van der Waals surface area contributed by atoms with Crippen LogP contribution in [0.2, 0.25) is 0 Å². The Morgan fingerprint density at radius 1 is 1.38 bits per heavy atom. The van der Waals surface area contributed by atoms with Crippen molar-refractivity contribution in [1.29, 1.82) is 0 Å². The Balaban J connectivity index is 4.53. The molecule has 0 rings (SSSR count). The lowest BCUT2D eigenvalue weighted by molar-refractivity contribution is -0.187. The van der Waals surface area contributed by atoms with Crippen LogP contribution in [0.1, 0.15) is 6.92 Å². The summed E-state index contributed by atoms with van der Waals surface area (Å²) in [7, 11) is 0.786. The summed E-state index contributed by atoms with van der Waals surface area (Å²) in [5.41, 5.74) is 0. The van der Waals surface area contributed by atoms with Gasteiger partial charge in [-0.15, -0.1) is 0 Å². The minimum Gasteiger partial charge on any atom is -0.480 e. The molecule has 1 atom stereocenters. The summed E-state index contributed by atoms with van der Waals surface area (Å²) in [5.74, 6) is -3.65. The number of carbonyl (C=O) groups excluding carboxylic acids is 1. The number of hydrogen-bond donors (Lipinski definition) is 1. The Morgan fingerprint density at radius 2 is 1.77 bits per heavy atom. The van der Waals surface area contributed by atoms with Crippen molar-refractivity contribution in [3.63, 3.8) is 0 Å². The second kappa shape index (κ2) is 3.63. The highest BCUT2D eigenvalue weighted by atomic mass is 19.4. The number of carboxylic acid groups (broad SMARTS) is 1. The van der Waals surface area contributed by atoms with Crippen LogP contribution in [0.25, 0.3) is 0 Å². The Labute approximate surface area is 71.9 Å². The van der Waals surface area contributed by atoms with E-state index in [0.29, 0.717) is 0 Å². The highest BCUT2D eigenvalue weighted by molar-refractivity contribution is 5.86. The molecule has 0 fully saturated rings. The first-order valence-corrected chi connectivity index (χ1v) is 3.24. The summed E-state index contributed by atoms with van der Waals surface area (Å²) in [4.78, 5) is 20.8. The zero-order valence-electron chi connectivity index (χ0n) is 6.92. The summed E-state index contributed by atoms with van der Waals surface area (Å²) in [6, 6.07) is -1.49. The fourth-order valence-corrected chi connectivity index (χ4v) is 0.542. The smallest absolute Gasteiger partial charge is 0.471 e. The number of hydrogen-bond acceptors (Lipinski definition) is 2. The number of carboxylic acids is 1. The summed E-state index contributed by atoms with van der Waals surface area (Å²) in [5, 5.41) is 8.31. The standard InChI is InChI=1S/C6H8F3NO3/c1-3(4(11)12)10(2)5(13)6(7,8)9/h3H,1-2H3,(H,11,12)/t3-/m0/s1. The maximum Gasteiger partial charge on any atom is 0.471 e. The van der Waals surface area contributed by atoms with Gasteiger partial charge in [0.2, 0.25) is 0 Å². The van der Waals surface area contributed by atoms with E-state index < -0.39 is 24.1 Å². The highest BCUT2D eigenvalue weighted by Crippen LogP contribution is 2.18. The third kappa shape index (κ3) is 2.92. The summed E-state index contributed by atoms with van der Waals surface area (Å²) in [6.45, 7) is 0.992. The van der Waals surface area contributed by atoms with Gasteiger partial charge in [-0.25, -0.2) is 4.79 Å². The van der Waals surface area contributed by atoms with Crippen LogP contribution in [-0.2, 0) is 9.59 Å². The van der Waals surface area contributed by atoms with E-state index in [0.717, 1.165) is 14.0 Å². The Hall–Kier alpha value is -1.27. The minimum absolute atomic E-state index is 0.127. The molecule has 76 valence electrons. The first-order valence-electron chi connectivity index (χ1n) is 3.24. The lowest BCUT2D eigenvalue weighted by atomic mass is 10.3. The van der Waals surface area contributed by atoms with Crippen molar-refractivity contribution in [2.24, 2.45) is 0 Å². The van der Waals surface area contributed by atoms with Crippen LogP contribution in [0.15, 0.2) is 0 Å². The Kier molecular flexibility index (Phi) is 3.27. The molecule has 0 aliphatic heterocycles. The highest BCUT2D eigenvalue weighted by Gasteiger charge is 2.43. The number of carbonyl (C=O) groups is 2. The molecule has 0 unspecified atom stereocenters. The fraction of sp³-hybridized carbons (Fsp3) is 0.667. The second-order valence-corrected chi connectivity index (χ2v) is 2.43. The molecule has 0 heterocycles. The van der Waals surface area contributed by atoms with E-state index in [1.165, 1.54) is 0 Å². The van der Waals surface area contributed by atoms with Gasteiger partial charge in [0.1, 0.15) is 6.04 Å². The molecule has 1 amide bonds. The fourth-order valence-electron chi connectivity index (χ4n) is 0.542. The van der Waals surface area contributed by atoms with Gasteiger partial charge in [-0.05, 0) is 6.92 Å². The quantitative estimate of drug-likeness (QED) is 0.703. The maximum absolute atomic E-state index is 11.7. The number of rotatable bonds is 2. The molecule has 0 saturated heterocycles. The van der Waals surface area contributed by atoms with Gasteiger partial charge in [0.25, 0.3) is 0 Å². The third-order valence-corrected chi connectivity index (χ3v) is 1.50. The molecule has 0 spiro atoms. The van der Waals surface area contributed by atoms with Crippen molar-refractivity contribution >= 4 is 11.9 Å². The van der Waals surface area contributed by atoms with Gasteiger partial charge in [-0.2, -0.15) is 13.2 Å². The summed E-state index contributed by atoms with van der Waals surface area (Å²) >= 11 is 0. The van der Waals surface area contributed by atoms with E-state index in [9.17, 15) is 22.8 Å². The number of aliphatic carboxylic acids is 1. The molecule has 7 heteroatoms. The molecule has 0 aliphatic carbocycles. The molecule has 0 bridgehead atoms. The lowest BCUT2D eigenvalue weighted by Crippen LogP contribution is -2.46. The van der Waals surface area contributed by atoms with Gasteiger partial charge in [-0.3, -0.25) is 4.79 Å². The minimum atomic E-state index is -5.03. The normalized spacial score (nSPS) is 13.6. The molecule has 13 heavy (non-hydrogen) atoms. The SMILES string of the molecule is C[C@@H](C(=O)O)N(C)C(=O)C(F)(F)F. The molecule has 0 aromatic carbocycles. The van der Waals surface area contributed by atoms with Crippen molar-refractivity contribution in [2.75, 3.05) is 7.05 Å². The molecule has 0 saturated carbocycles. The van der Waals surface area contributed by atoms with Crippen molar-refractivity contribution in [2.45, 2.75) is 19.1 Å². The monoisotopic (exact) mass is 199 g/mol. The van der Waals surface area contributed by atoms with E-state index in [4.69, 9.17) is 5.11 Å². The maximum atomic E-state index is 11.7. The molecule has 0 aliphatic rings. The summed E-state index contributed by atoms with van der Waals surface area (Å²) < 4.78 is 35.2. The van der Waals surface area contributed by atoms with Crippen molar-refractivity contribution < 1.29 is 27.9 Å². The van der Waals surface area contributed by atoms with Crippen LogP contribution in [-0.4, -0.2) is 41.1 Å². The molecular weight excluding hydrogens is 191 g/mol. The van der Waals surface area contributed by atoms with E-state index in [1.54, 1.807) is 0 Å². The number of amides is 1. The number of halogens is 3. The second-order valence-electron chi connectivity index (χ2n) is 2.43. The van der Waals surface area contributed by atoms with Gasteiger partial charge in [-0.1, -0.05) is 0 Å². The van der Waals surface area contributed by atoms with E-state index in [-0.39, 0.29) is 4.90 Å². The van der Waals surface area contributed by atoms with Crippen LogP contribution in [0.4, 0.5) is 13.2 Å². The predicted octanol–water partition coefficient (Wildman–Crippen LogP) is 0.480. The van der Waals surface area contributed by atoms with Gasteiger partial charge in [0.05, 0.1) is 0 Å². The summed E-state index contributed by atoms with van der Waals surface area (Å²) in [6.07, 6.45) is -5.03. The number of alkyl halides is 3. The van der Waals surface area contributed by atoms with Crippen LogP contribution in [0.5, 0.6) is 0 Å². The Morgan fingerprint density at radius 3 is 2.00 bits per heavy atom. The molecular formula is C6H8F3NO3. The average molecular weight is 199 g/mol. The zero-order chi connectivity index (χ0) is 10.8. The average Bonchev–Trinajstić information content (AvgIpc) is 1.98. The number of nitrogens with zero attached hydrogens (tertiary/aromatic N) is 1. The van der Waals surface area contributed by atoms with Gasteiger partial charge < -0.3 is 10.0 Å². The molecule has 0 aromatic rings. The van der Waals surface area contributed by atoms with Crippen LogP contribution in [0, 0.1) is 0 Å². The molecule has 0 aromatic heterocycles. The van der Waals surface area contributed by atoms with E-state index in [2.05, 4.69) is 0 Å². The predicted molar refractivity (Wildman–Crippen MR) is 35.9 cm³/mol. The van der Waals surface area contributed by atoms with Crippen molar-refractivity contribution in [3.05, 3.63) is 0 Å². The van der Waals surface area contributed by atoms with Gasteiger partial charge >= 0.3 is 18.1 Å². The van der Waals surface area contributed by atoms with Crippen LogP contribution < -0.4 is 0 Å². The molecule has 0 radical (unpaired) electrons. The molecule has 4 nitrogen and oxygen atoms in total. The first kappa shape index (κ1) is 11.7. The van der Waals surface area contributed by atoms with Crippen LogP contribution in [0.3, 0.4) is 0 Å². The van der Waals surface area contributed by atoms with Crippen molar-refractivity contribution in [1.82, 2.24) is 4.90 Å².